The average molecular weight is 477 g/mol. The van der Waals surface area contributed by atoms with Gasteiger partial charge in [0.1, 0.15) is 0 Å². The molecule has 6 nitrogen and oxygen atoms in total. The number of hydrogen-bond donors (Lipinski definition) is 0. The molecule has 3 aromatic rings. The fraction of sp³-hybridized carbons (Fsp3) is 0.160. The number of rotatable bonds is 4. The third-order valence-electron chi connectivity index (χ3n) is 5.58. The molecular weight excluding hydrogens is 456 g/mol. The number of anilines is 2. The Hall–Kier alpha value is -3.29. The van der Waals surface area contributed by atoms with Gasteiger partial charge in [-0.05, 0) is 54.6 Å². The average Bonchev–Trinajstić information content (AvgIpc) is 3.26. The molecule has 0 amide bonds. The first-order chi connectivity index (χ1) is 16.1. The number of para-hydroxylation sites is 1. The zero-order valence-electron chi connectivity index (χ0n) is 18.1. The van der Waals surface area contributed by atoms with Gasteiger partial charge in [0.25, 0.3) is 0 Å². The summed E-state index contributed by atoms with van der Waals surface area (Å²) in [7, 11) is 1.36. The number of esters is 1. The Morgan fingerprint density at radius 3 is 2.27 bits per heavy atom. The number of hydrogen-bond acceptors (Lipinski definition) is 7. The summed E-state index contributed by atoms with van der Waals surface area (Å²) in [4.78, 5) is 11.7. The highest BCUT2D eigenvalue weighted by atomic mass is 35.5. The minimum absolute atomic E-state index is 0.248. The quantitative estimate of drug-likeness (QED) is 0.444. The number of methoxy groups -OCH3 is 1. The van der Waals surface area contributed by atoms with E-state index in [1.54, 1.807) is 0 Å². The molecule has 0 unspecified atom stereocenters. The van der Waals surface area contributed by atoms with Crippen LogP contribution >= 0.6 is 23.4 Å². The van der Waals surface area contributed by atoms with Crippen molar-refractivity contribution in [1.29, 1.82) is 0 Å². The highest BCUT2D eigenvalue weighted by molar-refractivity contribution is 8.16. The van der Waals surface area contributed by atoms with E-state index in [1.165, 1.54) is 18.9 Å². The number of halogens is 1. The Morgan fingerprint density at radius 1 is 0.939 bits per heavy atom. The molecule has 3 aromatic carbocycles. The summed E-state index contributed by atoms with van der Waals surface area (Å²) in [6.45, 7) is 2.09. The summed E-state index contributed by atoms with van der Waals surface area (Å²) >= 11 is 7.49. The number of benzene rings is 3. The number of fused-ring (bicyclic) bond motifs is 2. The van der Waals surface area contributed by atoms with Crippen molar-refractivity contribution in [3.63, 3.8) is 0 Å². The second-order valence-electron chi connectivity index (χ2n) is 7.49. The maximum absolute atomic E-state index is 12.7. The van der Waals surface area contributed by atoms with Crippen LogP contribution < -0.4 is 10.0 Å². The van der Waals surface area contributed by atoms with Crippen molar-refractivity contribution in [3.05, 3.63) is 95.0 Å². The second-order valence-corrected chi connectivity index (χ2v) is 9.08. The highest BCUT2D eigenvalue weighted by Gasteiger charge is 2.56. The van der Waals surface area contributed by atoms with Gasteiger partial charge >= 0.3 is 5.97 Å². The second kappa shape index (κ2) is 8.57. The molecule has 0 fully saturated rings. The molecule has 0 N–H and O–H groups in total. The van der Waals surface area contributed by atoms with Crippen molar-refractivity contribution in [2.45, 2.75) is 18.3 Å². The van der Waals surface area contributed by atoms with Gasteiger partial charge in [-0.3, -0.25) is 0 Å². The van der Waals surface area contributed by atoms with E-state index in [4.69, 9.17) is 26.5 Å². The predicted octanol–water partition coefficient (Wildman–Crippen LogP) is 5.82. The molecule has 33 heavy (non-hydrogen) atoms. The lowest BCUT2D eigenvalue weighted by atomic mass is 9.96. The van der Waals surface area contributed by atoms with Gasteiger partial charge in [0.05, 0.1) is 24.2 Å². The van der Waals surface area contributed by atoms with E-state index >= 15 is 0 Å². The highest BCUT2D eigenvalue weighted by Crippen LogP contribution is 2.54. The number of nitrogens with zero attached hydrogens (tertiary/aromatic N) is 4. The van der Waals surface area contributed by atoms with Crippen LogP contribution in [0.4, 0.5) is 11.4 Å². The third-order valence-corrected chi connectivity index (χ3v) is 7.12. The lowest BCUT2D eigenvalue weighted by molar-refractivity contribution is -0.132. The Bertz CT molecular complexity index is 1260. The van der Waals surface area contributed by atoms with E-state index in [2.05, 4.69) is 19.1 Å². The van der Waals surface area contributed by atoms with Crippen LogP contribution in [0.15, 0.2) is 89.1 Å². The first-order valence-corrected chi connectivity index (χ1v) is 11.7. The zero-order valence-corrected chi connectivity index (χ0v) is 19.7. The topological polar surface area (TPSA) is 57.5 Å². The molecular formula is C25H21ClN4O2S. The molecule has 0 saturated heterocycles. The molecule has 0 bridgehead atoms. The van der Waals surface area contributed by atoms with E-state index in [-0.39, 0.29) is 5.04 Å². The number of hydrazone groups is 2. The molecule has 166 valence electrons. The Labute approximate surface area is 201 Å². The summed E-state index contributed by atoms with van der Waals surface area (Å²) < 4.78 is 5.05. The lowest BCUT2D eigenvalue weighted by Crippen LogP contribution is -2.53. The van der Waals surface area contributed by atoms with Crippen LogP contribution in [0.3, 0.4) is 0 Å². The summed E-state index contributed by atoms with van der Waals surface area (Å²) in [5.74, 6) is -0.494. The first kappa shape index (κ1) is 21.6. The maximum Gasteiger partial charge on any atom is 0.365 e. The molecule has 2 aliphatic heterocycles. The van der Waals surface area contributed by atoms with Gasteiger partial charge < -0.3 is 4.74 Å². The predicted molar refractivity (Wildman–Crippen MR) is 135 cm³/mol. The van der Waals surface area contributed by atoms with Crippen LogP contribution in [0.1, 0.15) is 24.5 Å². The smallest absolute Gasteiger partial charge is 0.365 e. The van der Waals surface area contributed by atoms with Crippen LogP contribution in [0.5, 0.6) is 0 Å². The minimum atomic E-state index is -0.978. The van der Waals surface area contributed by atoms with Gasteiger partial charge in [0.15, 0.2) is 0 Å². The molecule has 0 aromatic heterocycles. The number of thioether (sulfide) groups is 1. The van der Waals surface area contributed by atoms with Crippen LogP contribution in [0.25, 0.3) is 0 Å². The van der Waals surface area contributed by atoms with Gasteiger partial charge in [-0.15, -0.1) is 0 Å². The largest absolute Gasteiger partial charge is 0.464 e. The van der Waals surface area contributed by atoms with Gasteiger partial charge in [-0.25, -0.2) is 14.8 Å². The van der Waals surface area contributed by atoms with Crippen LogP contribution in [-0.4, -0.2) is 23.8 Å². The van der Waals surface area contributed by atoms with Crippen molar-refractivity contribution < 1.29 is 9.53 Å². The fourth-order valence-electron chi connectivity index (χ4n) is 4.08. The van der Waals surface area contributed by atoms with Crippen molar-refractivity contribution >= 4 is 51.5 Å². The maximum atomic E-state index is 12.7. The molecule has 0 saturated carbocycles. The van der Waals surface area contributed by atoms with Gasteiger partial charge in [0.2, 0.25) is 10.0 Å². The molecule has 1 spiro atoms. The van der Waals surface area contributed by atoms with Crippen molar-refractivity contribution in [2.24, 2.45) is 10.2 Å². The monoisotopic (exact) mass is 476 g/mol. The Balaban J connectivity index is 1.81. The van der Waals surface area contributed by atoms with Crippen molar-refractivity contribution in [2.75, 3.05) is 17.1 Å². The SMILES string of the molecule is CCC1=NN(c2ccccc2)[C@@]2(SC(C(=O)OC)=NN2c2ccc(Cl)cc2)c2ccccc21. The molecule has 0 aliphatic carbocycles. The lowest BCUT2D eigenvalue weighted by Gasteiger charge is -2.47. The summed E-state index contributed by atoms with van der Waals surface area (Å²) in [5.41, 5.74) is 4.63. The third kappa shape index (κ3) is 3.48. The standard InChI is InChI=1S/C25H21ClN4O2S/c1-3-22-20-11-7-8-12-21(20)25(29(27-22)18-9-5-4-6-10-18)30(19-15-13-17(26)14-16-19)28-23(33-25)24(31)32-2/h4-16H,3H2,1-2H3/t25-/m0/s1. The van der Waals surface area contributed by atoms with Gasteiger partial charge in [-0.2, -0.15) is 10.2 Å². The van der Waals surface area contributed by atoms with E-state index < -0.39 is 11.0 Å². The molecule has 1 atom stereocenters. The fourth-order valence-corrected chi connectivity index (χ4v) is 5.52. The van der Waals surface area contributed by atoms with Gasteiger partial charge in [-0.1, -0.05) is 61.0 Å². The van der Waals surface area contributed by atoms with E-state index in [1.807, 2.05) is 76.7 Å². The molecule has 2 aliphatic rings. The minimum Gasteiger partial charge on any atom is -0.464 e. The van der Waals surface area contributed by atoms with Crippen LogP contribution in [0, 0.1) is 0 Å². The van der Waals surface area contributed by atoms with Crippen molar-refractivity contribution in [1.82, 2.24) is 0 Å². The molecule has 0 radical (unpaired) electrons. The van der Waals surface area contributed by atoms with E-state index in [0.29, 0.717) is 5.02 Å². The summed E-state index contributed by atoms with van der Waals surface area (Å²) in [6.07, 6.45) is 0.757. The normalized spacial score (nSPS) is 19.2. The van der Waals surface area contributed by atoms with E-state index in [9.17, 15) is 4.79 Å². The van der Waals surface area contributed by atoms with E-state index in [0.717, 1.165) is 34.6 Å². The first-order valence-electron chi connectivity index (χ1n) is 10.5. The van der Waals surface area contributed by atoms with Gasteiger partial charge in [0, 0.05) is 16.1 Å². The van der Waals surface area contributed by atoms with Crippen LogP contribution in [-0.2, 0) is 14.5 Å². The Kier molecular flexibility index (Phi) is 5.60. The number of ether oxygens (including phenoxy) is 1. The summed E-state index contributed by atoms with van der Waals surface area (Å²) in [6, 6.07) is 25.5. The summed E-state index contributed by atoms with van der Waals surface area (Å²) in [5, 5.41) is 14.5. The molecule has 8 heteroatoms. The van der Waals surface area contributed by atoms with Crippen molar-refractivity contribution in [3.8, 4) is 0 Å². The molecule has 5 rings (SSSR count). The Morgan fingerprint density at radius 2 is 1.58 bits per heavy atom. The zero-order chi connectivity index (χ0) is 23.0. The van der Waals surface area contributed by atoms with Crippen LogP contribution in [0.2, 0.25) is 5.02 Å². The number of carbonyl (C=O) groups is 1. The number of carbonyl (C=O) groups excluding carboxylic acids is 1. The molecule has 2 heterocycles.